The second-order valence-electron chi connectivity index (χ2n) is 5.64. The molecule has 0 radical (unpaired) electrons. The van der Waals surface area contributed by atoms with E-state index in [0.717, 1.165) is 38.2 Å². The van der Waals surface area contributed by atoms with Gasteiger partial charge < -0.3 is 10.1 Å². The Morgan fingerprint density at radius 1 is 1.16 bits per heavy atom. The lowest BCUT2D eigenvalue weighted by Gasteiger charge is -2.35. The maximum Gasteiger partial charge on any atom is 0.160 e. The molecule has 2 heterocycles. The molecular weight excluding hydrogens is 238 g/mol. The topological polar surface area (TPSA) is 47.0 Å². The number of hydrogen-bond acceptors (Lipinski definition) is 4. The molecule has 1 aromatic rings. The van der Waals surface area contributed by atoms with Crippen LogP contribution in [0.1, 0.15) is 61.8 Å². The average molecular weight is 261 g/mol. The second kappa shape index (κ2) is 5.17. The van der Waals surface area contributed by atoms with Gasteiger partial charge in [0.25, 0.3) is 0 Å². The summed E-state index contributed by atoms with van der Waals surface area (Å²) in [7, 11) is 1.81. The average Bonchev–Trinajstić information content (AvgIpc) is 2.95. The van der Waals surface area contributed by atoms with E-state index >= 15 is 0 Å². The fourth-order valence-electron chi connectivity index (χ4n) is 3.38. The minimum atomic E-state index is -0.236. The first-order valence-electron chi connectivity index (χ1n) is 7.44. The highest BCUT2D eigenvalue weighted by Gasteiger charge is 2.38. The van der Waals surface area contributed by atoms with Gasteiger partial charge in [0.05, 0.1) is 5.69 Å². The summed E-state index contributed by atoms with van der Waals surface area (Å²) in [5.41, 5.74) is 3.46. The van der Waals surface area contributed by atoms with Crippen LogP contribution >= 0.6 is 0 Å². The largest absolute Gasteiger partial charge is 0.370 e. The van der Waals surface area contributed by atoms with Gasteiger partial charge in [0.15, 0.2) is 5.82 Å². The molecule has 0 saturated heterocycles. The van der Waals surface area contributed by atoms with Crippen LogP contribution in [0.2, 0.25) is 0 Å². The molecule has 1 aliphatic carbocycles. The number of rotatable bonds is 3. The fraction of sp³-hybridized carbons (Fsp3) is 0.733. The molecule has 1 aliphatic heterocycles. The van der Waals surface area contributed by atoms with Crippen molar-refractivity contribution >= 4 is 0 Å². The van der Waals surface area contributed by atoms with Crippen LogP contribution in [-0.4, -0.2) is 17.1 Å². The smallest absolute Gasteiger partial charge is 0.160 e. The van der Waals surface area contributed by atoms with Gasteiger partial charge in [0.2, 0.25) is 0 Å². The first-order chi connectivity index (χ1) is 9.29. The molecule has 104 valence electrons. The summed E-state index contributed by atoms with van der Waals surface area (Å²) in [5, 5.41) is 3.38. The van der Waals surface area contributed by atoms with Crippen molar-refractivity contribution in [3.8, 4) is 0 Å². The van der Waals surface area contributed by atoms with E-state index in [0.29, 0.717) is 0 Å². The number of fused-ring (bicyclic) bond motifs is 1. The molecule has 0 aromatic carbocycles. The van der Waals surface area contributed by atoms with Crippen LogP contribution in [0, 0.1) is 0 Å². The number of ether oxygens (including phenoxy) is 1. The molecule has 0 bridgehead atoms. The van der Waals surface area contributed by atoms with E-state index in [-0.39, 0.29) is 5.60 Å². The Hall–Kier alpha value is -1.00. The first kappa shape index (κ1) is 13.0. The molecule has 0 unspecified atom stereocenters. The van der Waals surface area contributed by atoms with E-state index in [9.17, 15) is 0 Å². The summed E-state index contributed by atoms with van der Waals surface area (Å²) >= 11 is 0. The summed E-state index contributed by atoms with van der Waals surface area (Å²) in [6.45, 7) is 3.96. The molecule has 1 N–H and O–H groups in total. The fourth-order valence-corrected chi connectivity index (χ4v) is 3.38. The molecule has 1 aromatic heterocycles. The normalized spacial score (nSPS) is 21.4. The first-order valence-corrected chi connectivity index (χ1v) is 7.44. The summed E-state index contributed by atoms with van der Waals surface area (Å²) in [4.78, 5) is 9.68. The predicted molar refractivity (Wildman–Crippen MR) is 73.7 cm³/mol. The summed E-state index contributed by atoms with van der Waals surface area (Å²) < 4.78 is 5.88. The summed E-state index contributed by atoms with van der Waals surface area (Å²) in [5.74, 6) is 0.925. The van der Waals surface area contributed by atoms with Crippen LogP contribution in [0.5, 0.6) is 0 Å². The SMILES string of the molecule is CCc1nc(C2(OC)CCCCC2)nc2c1CNC2. The number of aromatic nitrogens is 2. The lowest BCUT2D eigenvalue weighted by Crippen LogP contribution is -2.34. The van der Waals surface area contributed by atoms with Crippen LogP contribution in [-0.2, 0) is 29.8 Å². The Balaban J connectivity index is 2.04. The van der Waals surface area contributed by atoms with E-state index < -0.39 is 0 Å². The molecule has 1 fully saturated rings. The minimum Gasteiger partial charge on any atom is -0.370 e. The molecule has 1 saturated carbocycles. The van der Waals surface area contributed by atoms with E-state index in [1.165, 1.54) is 36.2 Å². The lowest BCUT2D eigenvalue weighted by molar-refractivity contribution is -0.0517. The van der Waals surface area contributed by atoms with Crippen molar-refractivity contribution in [2.45, 2.75) is 64.1 Å². The van der Waals surface area contributed by atoms with Gasteiger partial charge >= 0.3 is 0 Å². The van der Waals surface area contributed by atoms with Gasteiger partial charge in [-0.05, 0) is 19.3 Å². The highest BCUT2D eigenvalue weighted by atomic mass is 16.5. The minimum absolute atomic E-state index is 0.236. The second-order valence-corrected chi connectivity index (χ2v) is 5.64. The Labute approximate surface area is 115 Å². The number of aryl methyl sites for hydroxylation is 1. The van der Waals surface area contributed by atoms with Gasteiger partial charge in [-0.15, -0.1) is 0 Å². The Morgan fingerprint density at radius 2 is 1.95 bits per heavy atom. The van der Waals surface area contributed by atoms with Crippen molar-refractivity contribution in [3.63, 3.8) is 0 Å². The van der Waals surface area contributed by atoms with Crippen molar-refractivity contribution in [2.75, 3.05) is 7.11 Å². The third-order valence-electron chi connectivity index (χ3n) is 4.57. The molecule has 0 amide bonds. The Kier molecular flexibility index (Phi) is 3.54. The van der Waals surface area contributed by atoms with Gasteiger partial charge in [-0.2, -0.15) is 0 Å². The molecule has 0 atom stereocenters. The lowest BCUT2D eigenvalue weighted by atomic mass is 9.83. The van der Waals surface area contributed by atoms with Crippen LogP contribution in [0.25, 0.3) is 0 Å². The summed E-state index contributed by atoms with van der Waals surface area (Å²) in [6.07, 6.45) is 6.82. The van der Waals surface area contributed by atoms with Crippen molar-refractivity contribution in [1.29, 1.82) is 0 Å². The van der Waals surface area contributed by atoms with Gasteiger partial charge in [0.1, 0.15) is 5.60 Å². The van der Waals surface area contributed by atoms with Gasteiger partial charge in [-0.25, -0.2) is 9.97 Å². The van der Waals surface area contributed by atoms with E-state index in [1.807, 2.05) is 7.11 Å². The van der Waals surface area contributed by atoms with E-state index in [1.54, 1.807) is 0 Å². The van der Waals surface area contributed by atoms with Crippen LogP contribution < -0.4 is 5.32 Å². The van der Waals surface area contributed by atoms with E-state index in [4.69, 9.17) is 14.7 Å². The van der Waals surface area contributed by atoms with Gasteiger partial charge in [-0.1, -0.05) is 26.2 Å². The molecule has 2 aliphatic rings. The van der Waals surface area contributed by atoms with Crippen molar-refractivity contribution in [1.82, 2.24) is 15.3 Å². The van der Waals surface area contributed by atoms with Gasteiger partial charge in [0, 0.05) is 31.5 Å². The predicted octanol–water partition coefficient (Wildman–Crippen LogP) is 2.45. The van der Waals surface area contributed by atoms with Crippen LogP contribution in [0.15, 0.2) is 0 Å². The molecular formula is C15H23N3O. The maximum absolute atomic E-state index is 5.88. The maximum atomic E-state index is 5.88. The van der Waals surface area contributed by atoms with Crippen LogP contribution in [0.4, 0.5) is 0 Å². The zero-order valence-electron chi connectivity index (χ0n) is 12.0. The Bertz CT molecular complexity index is 467. The number of nitrogens with zero attached hydrogens (tertiary/aromatic N) is 2. The highest BCUT2D eigenvalue weighted by Crippen LogP contribution is 2.39. The van der Waals surface area contributed by atoms with Crippen molar-refractivity contribution < 1.29 is 4.74 Å². The number of methoxy groups -OCH3 is 1. The van der Waals surface area contributed by atoms with Gasteiger partial charge in [-0.3, -0.25) is 0 Å². The molecule has 3 rings (SSSR count). The molecule has 0 spiro atoms. The molecule has 4 nitrogen and oxygen atoms in total. The standard InChI is InChI=1S/C15H23N3O/c1-3-12-11-9-16-10-13(11)18-14(17-12)15(19-2)7-5-4-6-8-15/h16H,3-10H2,1-2H3. The highest BCUT2D eigenvalue weighted by molar-refractivity contribution is 5.30. The molecule has 19 heavy (non-hydrogen) atoms. The zero-order chi connectivity index (χ0) is 13.3. The van der Waals surface area contributed by atoms with Crippen molar-refractivity contribution in [2.24, 2.45) is 0 Å². The third kappa shape index (κ3) is 2.17. The summed E-state index contributed by atoms with van der Waals surface area (Å²) in [6, 6.07) is 0. The zero-order valence-corrected chi connectivity index (χ0v) is 12.0. The molecule has 4 heteroatoms. The quantitative estimate of drug-likeness (QED) is 0.908. The van der Waals surface area contributed by atoms with E-state index in [2.05, 4.69) is 12.2 Å². The third-order valence-corrected chi connectivity index (χ3v) is 4.57. The monoisotopic (exact) mass is 261 g/mol. The number of nitrogens with one attached hydrogen (secondary N) is 1. The van der Waals surface area contributed by atoms with Crippen molar-refractivity contribution in [3.05, 3.63) is 22.8 Å². The van der Waals surface area contributed by atoms with Crippen LogP contribution in [0.3, 0.4) is 0 Å². The number of hydrogen-bond donors (Lipinski definition) is 1. The Morgan fingerprint density at radius 3 is 2.63 bits per heavy atom.